The molecule has 9 heteroatoms. The molecule has 3 aromatic carbocycles. The molecule has 0 fully saturated rings. The highest BCUT2D eigenvalue weighted by molar-refractivity contribution is 9.10. The summed E-state index contributed by atoms with van der Waals surface area (Å²) >= 11 is 15.4. The third-order valence-electron chi connectivity index (χ3n) is 4.44. The van der Waals surface area contributed by atoms with Crippen molar-refractivity contribution in [2.24, 2.45) is 0 Å². The number of nitrogens with one attached hydrogen (secondary N) is 2. The maximum Gasteiger partial charge on any atom is 0.272 e. The SMILES string of the molecule is O=C(Nc1cc(Cl)cc(Cl)c1)C(=Cc1ccc2c(c1)OCO2)NC(=O)c1ccccc1Br. The molecule has 0 unspecified atom stereocenters. The highest BCUT2D eigenvalue weighted by atomic mass is 79.9. The average Bonchev–Trinajstić information content (AvgIpc) is 3.20. The van der Waals surface area contributed by atoms with Gasteiger partial charge in [0.25, 0.3) is 11.8 Å². The number of amides is 2. The second kappa shape index (κ2) is 9.65. The van der Waals surface area contributed by atoms with Crippen molar-refractivity contribution in [3.8, 4) is 11.5 Å². The molecule has 3 aromatic rings. The monoisotopic (exact) mass is 532 g/mol. The van der Waals surface area contributed by atoms with Crippen LogP contribution in [0.1, 0.15) is 15.9 Å². The second-order valence-electron chi connectivity index (χ2n) is 6.72. The molecule has 0 atom stereocenters. The van der Waals surface area contributed by atoms with E-state index in [1.165, 1.54) is 6.08 Å². The quantitative estimate of drug-likeness (QED) is 0.401. The van der Waals surface area contributed by atoms with E-state index in [1.54, 1.807) is 60.7 Å². The van der Waals surface area contributed by atoms with Crippen LogP contribution in [0.4, 0.5) is 5.69 Å². The van der Waals surface area contributed by atoms with Gasteiger partial charge in [0, 0.05) is 20.2 Å². The van der Waals surface area contributed by atoms with Gasteiger partial charge in [0.05, 0.1) is 5.56 Å². The molecule has 0 bridgehead atoms. The Morgan fingerprint density at radius 1 is 0.938 bits per heavy atom. The number of hydrogen-bond donors (Lipinski definition) is 2. The molecular formula is C23H15BrCl2N2O4. The summed E-state index contributed by atoms with van der Waals surface area (Å²) in [5, 5.41) is 6.12. The summed E-state index contributed by atoms with van der Waals surface area (Å²) in [7, 11) is 0. The number of rotatable bonds is 5. The Morgan fingerprint density at radius 3 is 2.41 bits per heavy atom. The van der Waals surface area contributed by atoms with Gasteiger partial charge >= 0.3 is 0 Å². The number of halogens is 3. The summed E-state index contributed by atoms with van der Waals surface area (Å²) in [6, 6.07) is 16.8. The van der Waals surface area contributed by atoms with Crippen LogP contribution >= 0.6 is 39.1 Å². The topological polar surface area (TPSA) is 76.7 Å². The van der Waals surface area contributed by atoms with E-state index in [0.29, 0.717) is 42.8 Å². The fourth-order valence-corrected chi connectivity index (χ4v) is 3.98. The third kappa shape index (κ3) is 5.24. The minimum absolute atomic E-state index is 0.0146. The molecular weight excluding hydrogens is 519 g/mol. The van der Waals surface area contributed by atoms with E-state index in [-0.39, 0.29) is 12.5 Å². The molecule has 1 aliphatic rings. The minimum atomic E-state index is -0.554. The van der Waals surface area contributed by atoms with Gasteiger partial charge in [-0.1, -0.05) is 41.4 Å². The molecule has 2 N–H and O–H groups in total. The Kier molecular flexibility index (Phi) is 6.69. The molecule has 0 spiro atoms. The van der Waals surface area contributed by atoms with E-state index < -0.39 is 11.8 Å². The zero-order valence-electron chi connectivity index (χ0n) is 16.3. The van der Waals surface area contributed by atoms with Crippen molar-refractivity contribution < 1.29 is 19.1 Å². The van der Waals surface area contributed by atoms with Crippen LogP contribution in [0.3, 0.4) is 0 Å². The van der Waals surface area contributed by atoms with Gasteiger partial charge in [-0.2, -0.15) is 0 Å². The highest BCUT2D eigenvalue weighted by Crippen LogP contribution is 2.33. The molecule has 0 aromatic heterocycles. The smallest absolute Gasteiger partial charge is 0.272 e. The predicted octanol–water partition coefficient (Wildman–Crippen LogP) is 5.89. The predicted molar refractivity (Wildman–Crippen MR) is 127 cm³/mol. The summed E-state index contributed by atoms with van der Waals surface area (Å²) in [5.74, 6) is 0.154. The lowest BCUT2D eigenvalue weighted by molar-refractivity contribution is -0.113. The van der Waals surface area contributed by atoms with Gasteiger partial charge in [0.1, 0.15) is 5.70 Å². The molecule has 1 heterocycles. The van der Waals surface area contributed by atoms with Crippen LogP contribution in [0.2, 0.25) is 10.0 Å². The first-order valence-electron chi connectivity index (χ1n) is 9.34. The van der Waals surface area contributed by atoms with Crippen LogP contribution in [0.25, 0.3) is 6.08 Å². The van der Waals surface area contributed by atoms with Crippen molar-refractivity contribution >= 4 is 62.7 Å². The highest BCUT2D eigenvalue weighted by Gasteiger charge is 2.18. The number of carbonyl (C=O) groups excluding carboxylic acids is 2. The van der Waals surface area contributed by atoms with E-state index in [0.717, 1.165) is 0 Å². The average molecular weight is 534 g/mol. The fourth-order valence-electron chi connectivity index (χ4n) is 2.99. The summed E-state index contributed by atoms with van der Waals surface area (Å²) in [4.78, 5) is 25.9. The first kappa shape index (κ1) is 22.2. The molecule has 4 rings (SSSR count). The van der Waals surface area contributed by atoms with Crippen molar-refractivity contribution in [1.82, 2.24) is 5.32 Å². The largest absolute Gasteiger partial charge is 0.454 e. The van der Waals surface area contributed by atoms with Crippen LogP contribution in [-0.4, -0.2) is 18.6 Å². The lowest BCUT2D eigenvalue weighted by Crippen LogP contribution is -2.31. The van der Waals surface area contributed by atoms with E-state index in [1.807, 2.05) is 0 Å². The number of fused-ring (bicyclic) bond motifs is 1. The first-order chi connectivity index (χ1) is 15.4. The lowest BCUT2D eigenvalue weighted by atomic mass is 10.1. The maximum absolute atomic E-state index is 13.1. The van der Waals surface area contributed by atoms with Gasteiger partial charge in [0.2, 0.25) is 6.79 Å². The zero-order valence-corrected chi connectivity index (χ0v) is 19.4. The molecule has 162 valence electrons. The number of benzene rings is 3. The van der Waals surface area contributed by atoms with Gasteiger partial charge in [0.15, 0.2) is 11.5 Å². The Balaban J connectivity index is 1.66. The molecule has 32 heavy (non-hydrogen) atoms. The lowest BCUT2D eigenvalue weighted by Gasteiger charge is -2.13. The standard InChI is InChI=1S/C23H15BrCl2N2O4/c24-18-4-2-1-3-17(18)22(29)28-19(7-13-5-6-20-21(8-13)32-12-31-20)23(30)27-16-10-14(25)9-15(26)11-16/h1-11H,12H2,(H,27,30)(H,28,29). The van der Waals surface area contributed by atoms with E-state index >= 15 is 0 Å². The van der Waals surface area contributed by atoms with Crippen LogP contribution in [0.15, 0.2) is 70.8 Å². The van der Waals surface area contributed by atoms with E-state index in [4.69, 9.17) is 32.7 Å². The zero-order chi connectivity index (χ0) is 22.7. The van der Waals surface area contributed by atoms with Crippen LogP contribution in [0.5, 0.6) is 11.5 Å². The maximum atomic E-state index is 13.1. The Hall–Kier alpha value is -3.00. The molecule has 0 saturated carbocycles. The molecule has 1 aliphatic heterocycles. The summed E-state index contributed by atoms with van der Waals surface area (Å²) in [6.07, 6.45) is 1.54. The summed E-state index contributed by atoms with van der Waals surface area (Å²) in [5.41, 5.74) is 1.42. The third-order valence-corrected chi connectivity index (χ3v) is 5.57. The van der Waals surface area contributed by atoms with Gasteiger partial charge in [-0.25, -0.2) is 0 Å². The minimum Gasteiger partial charge on any atom is -0.454 e. The number of ether oxygens (including phenoxy) is 2. The van der Waals surface area contributed by atoms with Crippen molar-refractivity contribution in [1.29, 1.82) is 0 Å². The molecule has 6 nitrogen and oxygen atoms in total. The van der Waals surface area contributed by atoms with E-state index in [9.17, 15) is 9.59 Å². The Labute approximate surface area is 202 Å². The van der Waals surface area contributed by atoms with Crippen molar-refractivity contribution in [2.75, 3.05) is 12.1 Å². The summed E-state index contributed by atoms with van der Waals surface area (Å²) in [6.45, 7) is 0.129. The number of hydrogen-bond acceptors (Lipinski definition) is 4. The van der Waals surface area contributed by atoms with E-state index in [2.05, 4.69) is 26.6 Å². The van der Waals surface area contributed by atoms with Crippen molar-refractivity contribution in [3.63, 3.8) is 0 Å². The number of carbonyl (C=O) groups is 2. The van der Waals surface area contributed by atoms with Gasteiger partial charge in [-0.3, -0.25) is 9.59 Å². The molecule has 0 radical (unpaired) electrons. The van der Waals surface area contributed by atoms with Crippen molar-refractivity contribution in [3.05, 3.63) is 92.0 Å². The number of anilines is 1. The fraction of sp³-hybridized carbons (Fsp3) is 0.0435. The van der Waals surface area contributed by atoms with Gasteiger partial charge in [-0.05, 0) is 70.0 Å². The summed E-state index contributed by atoms with van der Waals surface area (Å²) < 4.78 is 11.3. The molecule has 0 saturated heterocycles. The normalized spacial score (nSPS) is 12.4. The van der Waals surface area contributed by atoms with Crippen molar-refractivity contribution in [2.45, 2.75) is 0 Å². The Morgan fingerprint density at radius 2 is 1.66 bits per heavy atom. The van der Waals surface area contributed by atoms with Crippen LogP contribution in [0, 0.1) is 0 Å². The van der Waals surface area contributed by atoms with Crippen LogP contribution in [-0.2, 0) is 4.79 Å². The van der Waals surface area contributed by atoms with Gasteiger partial charge in [-0.15, -0.1) is 0 Å². The Bertz CT molecular complexity index is 1230. The van der Waals surface area contributed by atoms with Gasteiger partial charge < -0.3 is 20.1 Å². The molecule has 2 amide bonds. The first-order valence-corrected chi connectivity index (χ1v) is 10.9. The second-order valence-corrected chi connectivity index (χ2v) is 8.44. The van der Waals surface area contributed by atoms with Crippen LogP contribution < -0.4 is 20.1 Å². The molecule has 0 aliphatic carbocycles.